The molecule has 0 aliphatic heterocycles. The van der Waals surface area contributed by atoms with E-state index in [9.17, 15) is 0 Å². The first kappa shape index (κ1) is 15.9. The maximum atomic E-state index is 6.29. The Hall–Kier alpha value is -1.52. The minimum absolute atomic E-state index is 0.147. The monoisotopic (exact) mass is 307 g/mol. The van der Waals surface area contributed by atoms with Gasteiger partial charge < -0.3 is 10.1 Å². The zero-order valence-corrected chi connectivity index (χ0v) is 13.3. The van der Waals surface area contributed by atoms with Crippen LogP contribution in [0.5, 0.6) is 5.75 Å². The minimum Gasteiger partial charge on any atom is -0.494 e. The summed E-state index contributed by atoms with van der Waals surface area (Å²) in [6, 6.07) is 10.00. The van der Waals surface area contributed by atoms with Crippen LogP contribution in [0, 0.1) is 0 Å². The Kier molecular flexibility index (Phi) is 6.08. The fourth-order valence-electron chi connectivity index (χ4n) is 2.36. The fourth-order valence-corrected chi connectivity index (χ4v) is 2.64. The first-order valence-corrected chi connectivity index (χ1v) is 7.76. The summed E-state index contributed by atoms with van der Waals surface area (Å²) in [7, 11) is 0. The van der Waals surface area contributed by atoms with E-state index in [-0.39, 0.29) is 6.04 Å². The molecule has 4 nitrogen and oxygen atoms in total. The van der Waals surface area contributed by atoms with Gasteiger partial charge in [-0.05, 0) is 25.6 Å². The molecule has 1 unspecified atom stereocenters. The number of para-hydroxylation sites is 1. The molecule has 21 heavy (non-hydrogen) atoms. The van der Waals surface area contributed by atoms with Gasteiger partial charge in [0.1, 0.15) is 5.75 Å². The Balaban J connectivity index is 2.00. The van der Waals surface area contributed by atoms with Gasteiger partial charge in [0.25, 0.3) is 0 Å². The van der Waals surface area contributed by atoms with Gasteiger partial charge in [-0.2, -0.15) is 5.10 Å². The second kappa shape index (κ2) is 8.05. The predicted molar refractivity (Wildman–Crippen MR) is 85.9 cm³/mol. The molecule has 2 rings (SSSR count). The Morgan fingerprint density at radius 1 is 1.29 bits per heavy atom. The largest absolute Gasteiger partial charge is 0.494 e. The SMILES string of the molecule is CCNC(CCOc1ccccc1)c1c(Cl)cnn1CC. The lowest BCUT2D eigenvalue weighted by molar-refractivity contribution is 0.283. The average molecular weight is 308 g/mol. The highest BCUT2D eigenvalue weighted by atomic mass is 35.5. The van der Waals surface area contributed by atoms with Crippen LogP contribution < -0.4 is 10.1 Å². The number of halogens is 1. The van der Waals surface area contributed by atoms with Gasteiger partial charge in [0.2, 0.25) is 0 Å². The molecule has 2 aromatic rings. The van der Waals surface area contributed by atoms with Crippen molar-refractivity contribution in [3.8, 4) is 5.75 Å². The van der Waals surface area contributed by atoms with Crippen molar-refractivity contribution in [3.05, 3.63) is 47.2 Å². The van der Waals surface area contributed by atoms with Gasteiger partial charge in [0, 0.05) is 13.0 Å². The molecule has 114 valence electrons. The highest BCUT2D eigenvalue weighted by Gasteiger charge is 2.19. The third-order valence-corrected chi connectivity index (χ3v) is 3.62. The number of ether oxygens (including phenoxy) is 1. The molecule has 1 aromatic carbocycles. The van der Waals surface area contributed by atoms with Crippen LogP contribution >= 0.6 is 11.6 Å². The zero-order chi connectivity index (χ0) is 15.1. The summed E-state index contributed by atoms with van der Waals surface area (Å²) in [5.74, 6) is 0.892. The number of benzene rings is 1. The van der Waals surface area contributed by atoms with Crippen LogP contribution in [0.25, 0.3) is 0 Å². The summed E-state index contributed by atoms with van der Waals surface area (Å²) >= 11 is 6.29. The molecule has 1 N–H and O–H groups in total. The van der Waals surface area contributed by atoms with Crippen molar-refractivity contribution in [1.29, 1.82) is 0 Å². The summed E-state index contributed by atoms with van der Waals surface area (Å²) in [6.45, 7) is 6.47. The van der Waals surface area contributed by atoms with E-state index >= 15 is 0 Å². The van der Waals surface area contributed by atoms with Crippen molar-refractivity contribution in [2.45, 2.75) is 32.9 Å². The highest BCUT2D eigenvalue weighted by Crippen LogP contribution is 2.25. The Morgan fingerprint density at radius 2 is 2.05 bits per heavy atom. The van der Waals surface area contributed by atoms with E-state index in [1.807, 2.05) is 35.0 Å². The van der Waals surface area contributed by atoms with Crippen molar-refractivity contribution in [2.75, 3.05) is 13.2 Å². The molecule has 5 heteroatoms. The summed E-state index contributed by atoms with van der Waals surface area (Å²) in [5.41, 5.74) is 1.04. The molecule has 1 atom stereocenters. The normalized spacial score (nSPS) is 12.3. The zero-order valence-electron chi connectivity index (χ0n) is 12.6. The molecule has 0 saturated heterocycles. The van der Waals surface area contributed by atoms with Crippen LogP contribution in [0.2, 0.25) is 5.02 Å². The first-order chi connectivity index (χ1) is 10.3. The standard InChI is InChI=1S/C16H22ClN3O/c1-3-18-15(16-14(17)12-19-20(16)4-2)10-11-21-13-8-6-5-7-9-13/h5-9,12,15,18H,3-4,10-11H2,1-2H3. The second-order valence-electron chi connectivity index (χ2n) is 4.75. The van der Waals surface area contributed by atoms with Crippen LogP contribution in [0.4, 0.5) is 0 Å². The molecular formula is C16H22ClN3O. The molecule has 0 amide bonds. The Labute approximate surface area is 131 Å². The number of rotatable bonds is 8. The quantitative estimate of drug-likeness (QED) is 0.808. The first-order valence-electron chi connectivity index (χ1n) is 7.38. The molecule has 1 heterocycles. The third kappa shape index (κ3) is 4.22. The van der Waals surface area contributed by atoms with Gasteiger partial charge in [-0.1, -0.05) is 36.7 Å². The molecule has 0 fully saturated rings. The maximum absolute atomic E-state index is 6.29. The lowest BCUT2D eigenvalue weighted by atomic mass is 10.1. The van der Waals surface area contributed by atoms with E-state index in [1.54, 1.807) is 6.20 Å². The lowest BCUT2D eigenvalue weighted by Crippen LogP contribution is -2.25. The maximum Gasteiger partial charge on any atom is 0.119 e. The summed E-state index contributed by atoms with van der Waals surface area (Å²) < 4.78 is 7.72. The topological polar surface area (TPSA) is 39.1 Å². The summed E-state index contributed by atoms with van der Waals surface area (Å²) in [5, 5.41) is 8.48. The van der Waals surface area contributed by atoms with Gasteiger partial charge in [-0.25, -0.2) is 0 Å². The van der Waals surface area contributed by atoms with E-state index in [0.717, 1.165) is 31.0 Å². The molecule has 1 aromatic heterocycles. The molecule has 0 saturated carbocycles. The lowest BCUT2D eigenvalue weighted by Gasteiger charge is -2.20. The van der Waals surface area contributed by atoms with Crippen LogP contribution in [-0.4, -0.2) is 22.9 Å². The van der Waals surface area contributed by atoms with Gasteiger partial charge in [0.15, 0.2) is 0 Å². The number of nitrogens with one attached hydrogen (secondary N) is 1. The number of aromatic nitrogens is 2. The second-order valence-corrected chi connectivity index (χ2v) is 5.16. The molecule has 0 radical (unpaired) electrons. The fraction of sp³-hybridized carbons (Fsp3) is 0.438. The van der Waals surface area contributed by atoms with Gasteiger partial charge in [-0.3, -0.25) is 4.68 Å². The number of hydrogen-bond acceptors (Lipinski definition) is 3. The van der Waals surface area contributed by atoms with Crippen LogP contribution in [-0.2, 0) is 6.54 Å². The van der Waals surface area contributed by atoms with Crippen molar-refractivity contribution in [3.63, 3.8) is 0 Å². The smallest absolute Gasteiger partial charge is 0.119 e. The van der Waals surface area contributed by atoms with Crippen molar-refractivity contribution < 1.29 is 4.74 Å². The van der Waals surface area contributed by atoms with Gasteiger partial charge in [-0.15, -0.1) is 0 Å². The minimum atomic E-state index is 0.147. The average Bonchev–Trinajstić information content (AvgIpc) is 2.88. The van der Waals surface area contributed by atoms with Crippen molar-refractivity contribution in [2.24, 2.45) is 0 Å². The highest BCUT2D eigenvalue weighted by molar-refractivity contribution is 6.31. The molecule has 0 aliphatic rings. The molecule has 0 spiro atoms. The Morgan fingerprint density at radius 3 is 2.71 bits per heavy atom. The van der Waals surface area contributed by atoms with E-state index < -0.39 is 0 Å². The summed E-state index contributed by atoms with van der Waals surface area (Å²) in [6.07, 6.45) is 2.55. The van der Waals surface area contributed by atoms with E-state index in [2.05, 4.69) is 24.3 Å². The van der Waals surface area contributed by atoms with Gasteiger partial charge >= 0.3 is 0 Å². The van der Waals surface area contributed by atoms with E-state index in [1.165, 1.54) is 0 Å². The van der Waals surface area contributed by atoms with Crippen LogP contribution in [0.1, 0.15) is 32.0 Å². The third-order valence-electron chi connectivity index (χ3n) is 3.33. The number of hydrogen-bond donors (Lipinski definition) is 1. The molecular weight excluding hydrogens is 286 g/mol. The van der Waals surface area contributed by atoms with Crippen LogP contribution in [0.3, 0.4) is 0 Å². The Bertz CT molecular complexity index is 542. The van der Waals surface area contributed by atoms with E-state index in [4.69, 9.17) is 16.3 Å². The summed E-state index contributed by atoms with van der Waals surface area (Å²) in [4.78, 5) is 0. The van der Waals surface area contributed by atoms with Gasteiger partial charge in [0.05, 0.1) is 29.6 Å². The predicted octanol–water partition coefficient (Wildman–Crippen LogP) is 3.68. The molecule has 0 bridgehead atoms. The van der Waals surface area contributed by atoms with Crippen molar-refractivity contribution in [1.82, 2.24) is 15.1 Å². The van der Waals surface area contributed by atoms with Crippen molar-refractivity contribution >= 4 is 11.6 Å². The van der Waals surface area contributed by atoms with E-state index in [0.29, 0.717) is 11.6 Å². The number of nitrogens with zero attached hydrogens (tertiary/aromatic N) is 2. The molecule has 0 aliphatic carbocycles. The number of aryl methyl sites for hydroxylation is 1. The van der Waals surface area contributed by atoms with Crippen LogP contribution in [0.15, 0.2) is 36.5 Å².